The molecule has 1 unspecified atom stereocenters. The molecule has 0 heterocycles. The van der Waals surface area contributed by atoms with Gasteiger partial charge in [0.2, 0.25) is 5.91 Å². The number of benzene rings is 1. The van der Waals surface area contributed by atoms with Crippen molar-refractivity contribution in [2.45, 2.75) is 33.6 Å². The van der Waals surface area contributed by atoms with Crippen LogP contribution in [0, 0.1) is 17.2 Å². The summed E-state index contributed by atoms with van der Waals surface area (Å²) in [4.78, 5) is 11.7. The number of carbonyl (C=O) groups excluding carboxylic acids is 1. The summed E-state index contributed by atoms with van der Waals surface area (Å²) in [6, 6.07) is 7.96. The Kier molecular flexibility index (Phi) is 4.71. The van der Waals surface area contributed by atoms with E-state index in [2.05, 4.69) is 19.2 Å². The second-order valence-electron chi connectivity index (χ2n) is 4.00. The smallest absolute Gasteiger partial charge is 0.241 e. The molecule has 0 fully saturated rings. The summed E-state index contributed by atoms with van der Waals surface area (Å²) in [7, 11) is 0. The molecule has 0 saturated heterocycles. The zero-order valence-corrected chi connectivity index (χ0v) is 10.6. The molecule has 0 spiro atoms. The lowest BCUT2D eigenvalue weighted by Crippen LogP contribution is -2.20. The second-order valence-corrected chi connectivity index (χ2v) is 4.00. The molecule has 0 aliphatic heterocycles. The van der Waals surface area contributed by atoms with Crippen molar-refractivity contribution in [3.63, 3.8) is 0 Å². The molecule has 0 aliphatic carbocycles. The molecule has 1 aromatic carbocycles. The van der Waals surface area contributed by atoms with Crippen LogP contribution in [0.5, 0.6) is 0 Å². The molecule has 0 bridgehead atoms. The van der Waals surface area contributed by atoms with E-state index in [1.165, 1.54) is 0 Å². The first kappa shape index (κ1) is 13.2. The predicted octanol–water partition coefficient (Wildman–Crippen LogP) is 2.91. The van der Waals surface area contributed by atoms with Crippen LogP contribution in [-0.2, 0) is 17.6 Å². The molecule has 0 radical (unpaired) electrons. The molecule has 1 rings (SSSR count). The Bertz CT molecular complexity index is 424. The fraction of sp³-hybridized carbons (Fsp3) is 0.429. The van der Waals surface area contributed by atoms with E-state index in [-0.39, 0.29) is 5.91 Å². The highest BCUT2D eigenvalue weighted by Crippen LogP contribution is 2.23. The molecule has 1 atom stereocenters. The van der Waals surface area contributed by atoms with Gasteiger partial charge in [-0.05, 0) is 30.9 Å². The van der Waals surface area contributed by atoms with Gasteiger partial charge < -0.3 is 5.32 Å². The zero-order chi connectivity index (χ0) is 12.8. The number of carbonyl (C=O) groups is 1. The normalized spacial score (nSPS) is 11.6. The van der Waals surface area contributed by atoms with E-state index in [1.807, 2.05) is 24.3 Å². The average Bonchev–Trinajstić information content (AvgIpc) is 2.37. The molecule has 1 N–H and O–H groups in total. The second kappa shape index (κ2) is 6.05. The number of hydrogen-bond acceptors (Lipinski definition) is 2. The van der Waals surface area contributed by atoms with Crippen molar-refractivity contribution in [3.05, 3.63) is 29.3 Å². The van der Waals surface area contributed by atoms with Gasteiger partial charge in [0.25, 0.3) is 0 Å². The summed E-state index contributed by atoms with van der Waals surface area (Å²) in [6.07, 6.45) is 1.73. The van der Waals surface area contributed by atoms with Crippen molar-refractivity contribution in [3.8, 4) is 6.07 Å². The Morgan fingerprint density at radius 2 is 1.88 bits per heavy atom. The first-order valence-corrected chi connectivity index (χ1v) is 5.95. The van der Waals surface area contributed by atoms with E-state index in [0.29, 0.717) is 0 Å². The molecule has 90 valence electrons. The van der Waals surface area contributed by atoms with Crippen LogP contribution in [0.2, 0.25) is 0 Å². The first-order chi connectivity index (χ1) is 8.13. The minimum atomic E-state index is -0.621. The summed E-state index contributed by atoms with van der Waals surface area (Å²) in [5.41, 5.74) is 3.11. The van der Waals surface area contributed by atoms with E-state index in [1.54, 1.807) is 6.92 Å². The van der Waals surface area contributed by atoms with Crippen molar-refractivity contribution in [1.82, 2.24) is 0 Å². The summed E-state index contributed by atoms with van der Waals surface area (Å²) < 4.78 is 0. The molecule has 0 aromatic heterocycles. The maximum Gasteiger partial charge on any atom is 0.241 e. The zero-order valence-electron chi connectivity index (χ0n) is 10.6. The van der Waals surface area contributed by atoms with Crippen LogP contribution >= 0.6 is 0 Å². The molecule has 3 heteroatoms. The van der Waals surface area contributed by atoms with Crippen LogP contribution < -0.4 is 5.32 Å². The van der Waals surface area contributed by atoms with Crippen LogP contribution in [0.15, 0.2) is 18.2 Å². The predicted molar refractivity (Wildman–Crippen MR) is 68.6 cm³/mol. The summed E-state index contributed by atoms with van der Waals surface area (Å²) >= 11 is 0. The van der Waals surface area contributed by atoms with Gasteiger partial charge in [-0.15, -0.1) is 0 Å². The van der Waals surface area contributed by atoms with Gasteiger partial charge >= 0.3 is 0 Å². The van der Waals surface area contributed by atoms with Gasteiger partial charge in [0.15, 0.2) is 0 Å². The third-order valence-electron chi connectivity index (χ3n) is 2.83. The number of para-hydroxylation sites is 1. The van der Waals surface area contributed by atoms with Crippen LogP contribution in [0.4, 0.5) is 5.69 Å². The maximum atomic E-state index is 11.7. The third-order valence-corrected chi connectivity index (χ3v) is 2.83. The van der Waals surface area contributed by atoms with Crippen molar-refractivity contribution in [2.75, 3.05) is 5.32 Å². The number of rotatable bonds is 4. The van der Waals surface area contributed by atoms with Crippen molar-refractivity contribution in [2.24, 2.45) is 5.92 Å². The monoisotopic (exact) mass is 230 g/mol. The molecule has 0 aliphatic rings. The summed E-state index contributed by atoms with van der Waals surface area (Å²) in [5, 5.41) is 11.6. The lowest BCUT2D eigenvalue weighted by atomic mass is 10.0. The Labute approximate surface area is 102 Å². The fourth-order valence-electron chi connectivity index (χ4n) is 1.69. The molecular weight excluding hydrogens is 212 g/mol. The minimum absolute atomic E-state index is 0.233. The van der Waals surface area contributed by atoms with Gasteiger partial charge in [0.05, 0.1) is 6.07 Å². The van der Waals surface area contributed by atoms with Crippen LogP contribution in [-0.4, -0.2) is 5.91 Å². The van der Waals surface area contributed by atoms with Gasteiger partial charge in [-0.1, -0.05) is 32.0 Å². The average molecular weight is 230 g/mol. The SMILES string of the molecule is CCc1cccc(CC)c1NC(=O)C(C)C#N. The lowest BCUT2D eigenvalue weighted by molar-refractivity contribution is -0.117. The number of hydrogen-bond donors (Lipinski definition) is 1. The molecular formula is C14H18N2O. The van der Waals surface area contributed by atoms with Crippen LogP contribution in [0.25, 0.3) is 0 Å². The van der Waals surface area contributed by atoms with Crippen LogP contribution in [0.3, 0.4) is 0 Å². The van der Waals surface area contributed by atoms with Crippen LogP contribution in [0.1, 0.15) is 31.9 Å². The quantitative estimate of drug-likeness (QED) is 0.864. The highest BCUT2D eigenvalue weighted by molar-refractivity contribution is 5.95. The van der Waals surface area contributed by atoms with Gasteiger partial charge in [-0.25, -0.2) is 0 Å². The molecule has 1 aromatic rings. The number of amides is 1. The number of nitrogens with one attached hydrogen (secondary N) is 1. The number of nitrogens with zero attached hydrogens (tertiary/aromatic N) is 1. The first-order valence-electron chi connectivity index (χ1n) is 5.95. The van der Waals surface area contributed by atoms with Gasteiger partial charge in [-0.2, -0.15) is 5.26 Å². The Morgan fingerprint density at radius 3 is 2.29 bits per heavy atom. The molecule has 1 amide bonds. The molecule has 3 nitrogen and oxygen atoms in total. The van der Waals surface area contributed by atoms with Gasteiger partial charge in [-0.3, -0.25) is 4.79 Å². The standard InChI is InChI=1S/C14H18N2O/c1-4-11-7-6-8-12(5-2)13(11)16-14(17)10(3)9-15/h6-8,10H,4-5H2,1-3H3,(H,16,17). The minimum Gasteiger partial charge on any atom is -0.324 e. The largest absolute Gasteiger partial charge is 0.324 e. The number of aryl methyl sites for hydroxylation is 2. The fourth-order valence-corrected chi connectivity index (χ4v) is 1.69. The highest BCUT2D eigenvalue weighted by atomic mass is 16.1. The Hall–Kier alpha value is -1.82. The lowest BCUT2D eigenvalue weighted by Gasteiger charge is -2.14. The van der Waals surface area contributed by atoms with Crippen molar-refractivity contribution in [1.29, 1.82) is 5.26 Å². The number of anilines is 1. The van der Waals surface area contributed by atoms with Gasteiger partial charge in [0, 0.05) is 5.69 Å². The topological polar surface area (TPSA) is 52.9 Å². The maximum absolute atomic E-state index is 11.7. The molecule has 17 heavy (non-hydrogen) atoms. The van der Waals surface area contributed by atoms with E-state index >= 15 is 0 Å². The van der Waals surface area contributed by atoms with E-state index in [0.717, 1.165) is 29.7 Å². The van der Waals surface area contributed by atoms with E-state index < -0.39 is 5.92 Å². The highest BCUT2D eigenvalue weighted by Gasteiger charge is 2.15. The Morgan fingerprint density at radius 1 is 1.35 bits per heavy atom. The van der Waals surface area contributed by atoms with Gasteiger partial charge in [0.1, 0.15) is 5.92 Å². The molecule has 0 saturated carbocycles. The van der Waals surface area contributed by atoms with Crippen molar-refractivity contribution >= 4 is 11.6 Å². The number of nitriles is 1. The van der Waals surface area contributed by atoms with E-state index in [9.17, 15) is 4.79 Å². The van der Waals surface area contributed by atoms with Crippen molar-refractivity contribution < 1.29 is 4.79 Å². The Balaban J connectivity index is 3.04. The third kappa shape index (κ3) is 3.07. The summed E-state index contributed by atoms with van der Waals surface area (Å²) in [5.74, 6) is -0.854. The van der Waals surface area contributed by atoms with E-state index in [4.69, 9.17) is 5.26 Å². The summed E-state index contributed by atoms with van der Waals surface area (Å²) in [6.45, 7) is 5.71.